The number of rotatable bonds is 3. The molecule has 26 heavy (non-hydrogen) atoms. The number of benzene rings is 1. The topological polar surface area (TPSA) is 77.1 Å². The van der Waals surface area contributed by atoms with Crippen LogP contribution in [0.1, 0.15) is 12.8 Å². The molecule has 7 heteroatoms. The zero-order valence-electron chi connectivity index (χ0n) is 14.0. The zero-order valence-corrected chi connectivity index (χ0v) is 14.0. The number of nitrogens with one attached hydrogen (secondary N) is 1. The predicted octanol–water partition coefficient (Wildman–Crippen LogP) is 0.980. The summed E-state index contributed by atoms with van der Waals surface area (Å²) in [6, 6.07) is 5.73. The maximum Gasteiger partial charge on any atom is 0.234 e. The van der Waals surface area contributed by atoms with Crippen molar-refractivity contribution in [2.45, 2.75) is 30.6 Å². The number of fused-ring (bicyclic) bond motifs is 2. The molecular formula is C19H18N2O5. The van der Waals surface area contributed by atoms with Crippen molar-refractivity contribution < 1.29 is 23.8 Å². The fourth-order valence-electron chi connectivity index (χ4n) is 4.59. The van der Waals surface area contributed by atoms with Crippen LogP contribution in [-0.2, 0) is 14.3 Å². The molecule has 1 saturated carbocycles. The van der Waals surface area contributed by atoms with Crippen LogP contribution >= 0.6 is 0 Å². The number of hydrogen-bond donors (Lipinski definition) is 1. The highest BCUT2D eigenvalue weighted by atomic mass is 16.7. The summed E-state index contributed by atoms with van der Waals surface area (Å²) in [6.07, 6.45) is 5.64. The summed E-state index contributed by atoms with van der Waals surface area (Å²) in [4.78, 5) is 27.7. The van der Waals surface area contributed by atoms with Gasteiger partial charge in [-0.15, -0.1) is 0 Å². The fourth-order valence-corrected chi connectivity index (χ4v) is 4.59. The number of carbonyl (C=O) groups is 2. The molecule has 0 radical (unpaired) electrons. The van der Waals surface area contributed by atoms with E-state index in [0.29, 0.717) is 18.0 Å². The molecule has 2 saturated heterocycles. The van der Waals surface area contributed by atoms with Gasteiger partial charge in [-0.2, -0.15) is 0 Å². The van der Waals surface area contributed by atoms with Crippen molar-refractivity contribution in [2.75, 3.05) is 18.2 Å². The number of ether oxygens (including phenoxy) is 3. The SMILES string of the molecule is O=C(NC1CC1)[C@@H]1[C@@H]2C=C[C@@]3(CN(c4ccc5c(c4)OCO5)C(=O)[C@@H]13)O2. The van der Waals surface area contributed by atoms with Gasteiger partial charge in [0.1, 0.15) is 5.60 Å². The molecule has 3 fully saturated rings. The van der Waals surface area contributed by atoms with Gasteiger partial charge in [0, 0.05) is 17.8 Å². The second-order valence-corrected chi connectivity index (χ2v) is 7.64. The maximum atomic E-state index is 13.2. The van der Waals surface area contributed by atoms with E-state index in [-0.39, 0.29) is 30.8 Å². The number of hydrogen-bond acceptors (Lipinski definition) is 5. The third-order valence-electron chi connectivity index (χ3n) is 5.99. The van der Waals surface area contributed by atoms with E-state index < -0.39 is 17.4 Å². The van der Waals surface area contributed by atoms with E-state index in [1.807, 2.05) is 30.4 Å². The summed E-state index contributed by atoms with van der Waals surface area (Å²) < 4.78 is 16.9. The van der Waals surface area contributed by atoms with Crippen molar-refractivity contribution in [3.05, 3.63) is 30.4 Å². The van der Waals surface area contributed by atoms with Gasteiger partial charge < -0.3 is 24.4 Å². The number of amides is 2. The molecule has 1 N–H and O–H groups in total. The Morgan fingerprint density at radius 1 is 1.23 bits per heavy atom. The Kier molecular flexibility index (Phi) is 2.69. The van der Waals surface area contributed by atoms with Crippen LogP contribution in [0.25, 0.3) is 0 Å². The van der Waals surface area contributed by atoms with Crippen molar-refractivity contribution in [3.63, 3.8) is 0 Å². The molecule has 5 aliphatic rings. The lowest BCUT2D eigenvalue weighted by Crippen LogP contribution is -2.44. The van der Waals surface area contributed by atoms with Crippen molar-refractivity contribution in [1.82, 2.24) is 5.32 Å². The Labute approximate surface area is 149 Å². The molecule has 6 rings (SSSR count). The summed E-state index contributed by atoms with van der Waals surface area (Å²) in [6.45, 7) is 0.604. The Morgan fingerprint density at radius 2 is 2.08 bits per heavy atom. The molecule has 2 bridgehead atoms. The first kappa shape index (κ1) is 14.6. The predicted molar refractivity (Wildman–Crippen MR) is 89.8 cm³/mol. The van der Waals surface area contributed by atoms with E-state index in [9.17, 15) is 9.59 Å². The Balaban J connectivity index is 1.33. The lowest BCUT2D eigenvalue weighted by atomic mass is 9.77. The number of nitrogens with zero attached hydrogens (tertiary/aromatic N) is 1. The van der Waals surface area contributed by atoms with Gasteiger partial charge in [0.2, 0.25) is 18.6 Å². The van der Waals surface area contributed by atoms with Gasteiger partial charge >= 0.3 is 0 Å². The normalized spacial score (nSPS) is 35.9. The molecule has 1 aromatic carbocycles. The van der Waals surface area contributed by atoms with Gasteiger partial charge in [0.05, 0.1) is 24.5 Å². The molecule has 0 aromatic heterocycles. The maximum absolute atomic E-state index is 13.2. The van der Waals surface area contributed by atoms with Crippen molar-refractivity contribution in [1.29, 1.82) is 0 Å². The minimum atomic E-state index is -0.705. The fraction of sp³-hybridized carbons (Fsp3) is 0.474. The van der Waals surface area contributed by atoms with E-state index in [1.54, 1.807) is 4.90 Å². The molecule has 4 heterocycles. The van der Waals surface area contributed by atoms with Crippen LogP contribution in [0.4, 0.5) is 5.69 Å². The van der Waals surface area contributed by atoms with Gasteiger partial charge in [-0.25, -0.2) is 0 Å². The molecular weight excluding hydrogens is 336 g/mol. The summed E-state index contributed by atoms with van der Waals surface area (Å²) in [5.41, 5.74) is 0.0359. The van der Waals surface area contributed by atoms with Crippen LogP contribution in [0, 0.1) is 11.8 Å². The van der Waals surface area contributed by atoms with Crippen LogP contribution in [0.5, 0.6) is 11.5 Å². The van der Waals surface area contributed by atoms with E-state index in [0.717, 1.165) is 18.5 Å². The molecule has 7 nitrogen and oxygen atoms in total. The van der Waals surface area contributed by atoms with Gasteiger partial charge in [-0.05, 0) is 25.0 Å². The van der Waals surface area contributed by atoms with Crippen LogP contribution in [0.3, 0.4) is 0 Å². The lowest BCUT2D eigenvalue weighted by Gasteiger charge is -2.23. The van der Waals surface area contributed by atoms with Gasteiger partial charge in [0.15, 0.2) is 11.5 Å². The molecule has 4 aliphatic heterocycles. The molecule has 1 aromatic rings. The molecule has 1 aliphatic carbocycles. The van der Waals surface area contributed by atoms with Crippen LogP contribution in [0.2, 0.25) is 0 Å². The van der Waals surface area contributed by atoms with Crippen LogP contribution in [0.15, 0.2) is 30.4 Å². The van der Waals surface area contributed by atoms with E-state index in [4.69, 9.17) is 14.2 Å². The quantitative estimate of drug-likeness (QED) is 0.819. The summed E-state index contributed by atoms with van der Waals surface area (Å²) in [7, 11) is 0. The second kappa shape index (κ2) is 4.79. The highest BCUT2D eigenvalue weighted by Crippen LogP contribution is 2.53. The zero-order chi connectivity index (χ0) is 17.5. The van der Waals surface area contributed by atoms with E-state index in [2.05, 4.69) is 5.32 Å². The first-order valence-corrected chi connectivity index (χ1v) is 9.03. The van der Waals surface area contributed by atoms with E-state index in [1.165, 1.54) is 0 Å². The van der Waals surface area contributed by atoms with Gasteiger partial charge in [0.25, 0.3) is 0 Å². The summed E-state index contributed by atoms with van der Waals surface area (Å²) in [5.74, 6) is 0.265. The minimum Gasteiger partial charge on any atom is -0.454 e. The van der Waals surface area contributed by atoms with Crippen molar-refractivity contribution in [3.8, 4) is 11.5 Å². The van der Waals surface area contributed by atoms with Crippen LogP contribution < -0.4 is 19.7 Å². The first-order valence-electron chi connectivity index (χ1n) is 9.03. The second-order valence-electron chi connectivity index (χ2n) is 7.64. The Bertz CT molecular complexity index is 863. The summed E-state index contributed by atoms with van der Waals surface area (Å²) >= 11 is 0. The number of anilines is 1. The average Bonchev–Trinajstić information content (AvgIpc) is 3.02. The average molecular weight is 354 g/mol. The van der Waals surface area contributed by atoms with Crippen LogP contribution in [-0.4, -0.2) is 42.9 Å². The molecule has 0 unspecified atom stereocenters. The number of carbonyl (C=O) groups excluding carboxylic acids is 2. The minimum absolute atomic E-state index is 0.0605. The molecule has 1 spiro atoms. The Morgan fingerprint density at radius 3 is 2.92 bits per heavy atom. The third kappa shape index (κ3) is 1.86. The highest BCUT2D eigenvalue weighted by Gasteiger charge is 2.67. The Hall–Kier alpha value is -2.54. The molecule has 134 valence electrons. The largest absolute Gasteiger partial charge is 0.454 e. The lowest BCUT2D eigenvalue weighted by molar-refractivity contribution is -0.132. The highest BCUT2D eigenvalue weighted by molar-refractivity contribution is 6.03. The first-order chi connectivity index (χ1) is 12.6. The molecule has 2 amide bonds. The third-order valence-corrected chi connectivity index (χ3v) is 5.99. The van der Waals surface area contributed by atoms with Gasteiger partial charge in [-0.3, -0.25) is 9.59 Å². The van der Waals surface area contributed by atoms with Crippen molar-refractivity contribution in [2.24, 2.45) is 11.8 Å². The van der Waals surface area contributed by atoms with Gasteiger partial charge in [-0.1, -0.05) is 12.2 Å². The van der Waals surface area contributed by atoms with E-state index >= 15 is 0 Å². The smallest absolute Gasteiger partial charge is 0.234 e. The standard InChI is InChI=1S/C19H18N2O5/c22-17(20-10-1-2-10)15-13-5-6-19(26-13)8-21(18(23)16(15)19)11-3-4-12-14(7-11)25-9-24-12/h3-7,10,13,15-16H,1-2,8-9H2,(H,20,22)/t13-,15+,16+,19-/m0/s1. The van der Waals surface area contributed by atoms with Crippen molar-refractivity contribution >= 4 is 17.5 Å². The monoisotopic (exact) mass is 354 g/mol. The molecule has 4 atom stereocenters. The summed E-state index contributed by atoms with van der Waals surface area (Å²) in [5, 5.41) is 3.04.